The summed E-state index contributed by atoms with van der Waals surface area (Å²) in [5.41, 5.74) is 0. The van der Waals surface area contributed by atoms with E-state index < -0.39 is 6.10 Å². The molecule has 1 N–H and O–H groups in total. The molecule has 94 heavy (non-hydrogen) atoms. The van der Waals surface area contributed by atoms with Crippen LogP contribution in [0.25, 0.3) is 0 Å². The van der Waals surface area contributed by atoms with Gasteiger partial charge in [-0.05, 0) is 148 Å². The monoisotopic (exact) mass is 1290 g/mol. The van der Waals surface area contributed by atoms with Crippen molar-refractivity contribution in [1.29, 1.82) is 0 Å². The number of aliphatic hydroxyl groups is 1. The average molecular weight is 1290 g/mol. The lowest BCUT2D eigenvalue weighted by Gasteiger charge is -2.15. The van der Waals surface area contributed by atoms with Crippen LogP contribution in [-0.4, -0.2) is 36.4 Å². The minimum Gasteiger partial charge on any atom is -0.462 e. The number of hydrogen-bond donors (Lipinski definition) is 1. The van der Waals surface area contributed by atoms with Crippen molar-refractivity contribution in [2.45, 2.75) is 328 Å². The number of allylic oxidation sites excluding steroid dienone is 34. The molecule has 0 saturated carbocycles. The van der Waals surface area contributed by atoms with Gasteiger partial charge in [0.25, 0.3) is 0 Å². The minimum atomic E-state index is -0.787. The number of carbonyl (C=O) groups is 2. The predicted molar refractivity (Wildman–Crippen MR) is 416 cm³/mol. The third-order valence-electron chi connectivity index (χ3n) is 16.1. The zero-order chi connectivity index (χ0) is 67.5. The van der Waals surface area contributed by atoms with Gasteiger partial charge in [0.15, 0.2) is 6.10 Å². The Morgan fingerprint density at radius 2 is 0.426 bits per heavy atom. The van der Waals surface area contributed by atoms with Crippen molar-refractivity contribution in [3.63, 3.8) is 0 Å². The summed E-state index contributed by atoms with van der Waals surface area (Å²) in [6.45, 7) is 3.92. The van der Waals surface area contributed by atoms with E-state index >= 15 is 0 Å². The molecule has 5 heteroatoms. The van der Waals surface area contributed by atoms with E-state index in [1.807, 2.05) is 0 Å². The molecule has 0 aliphatic rings. The average Bonchev–Trinajstić information content (AvgIpc) is 3.77. The second kappa shape index (κ2) is 81.7. The molecule has 0 aliphatic carbocycles. The molecule has 1 unspecified atom stereocenters. The van der Waals surface area contributed by atoms with Crippen LogP contribution in [0.5, 0.6) is 0 Å². The van der Waals surface area contributed by atoms with E-state index in [0.717, 1.165) is 148 Å². The van der Waals surface area contributed by atoms with Crippen molar-refractivity contribution in [3.05, 3.63) is 207 Å². The molecule has 0 heterocycles. The van der Waals surface area contributed by atoms with Crippen molar-refractivity contribution in [1.82, 2.24) is 0 Å². The number of rotatable bonds is 69. The molecule has 0 aromatic heterocycles. The maximum Gasteiger partial charge on any atom is 0.306 e. The van der Waals surface area contributed by atoms with Crippen LogP contribution in [0, 0.1) is 0 Å². The van der Waals surface area contributed by atoms with E-state index in [4.69, 9.17) is 9.47 Å². The Morgan fingerprint density at radius 3 is 0.638 bits per heavy atom. The molecule has 0 spiro atoms. The van der Waals surface area contributed by atoms with E-state index in [1.165, 1.54) is 148 Å². The summed E-state index contributed by atoms with van der Waals surface area (Å²) in [5, 5.41) is 9.73. The first-order chi connectivity index (χ1) is 46.6. The van der Waals surface area contributed by atoms with E-state index in [1.54, 1.807) is 0 Å². The molecule has 0 fully saturated rings. The first-order valence-electron chi connectivity index (χ1n) is 38.6. The Labute approximate surface area is 580 Å². The van der Waals surface area contributed by atoms with Gasteiger partial charge in [0.05, 0.1) is 6.61 Å². The van der Waals surface area contributed by atoms with Gasteiger partial charge >= 0.3 is 11.9 Å². The van der Waals surface area contributed by atoms with Gasteiger partial charge in [-0.3, -0.25) is 9.59 Å². The molecular weight excluding hydrogens is 1150 g/mol. The molecule has 528 valence electrons. The highest BCUT2D eigenvalue weighted by Crippen LogP contribution is 2.17. The molecule has 0 aromatic carbocycles. The number of ether oxygens (including phenoxy) is 2. The molecule has 0 radical (unpaired) electrons. The van der Waals surface area contributed by atoms with E-state index in [9.17, 15) is 14.7 Å². The molecule has 0 aliphatic heterocycles. The lowest BCUT2D eigenvalue weighted by atomic mass is 10.0. The van der Waals surface area contributed by atoms with Crippen LogP contribution in [-0.2, 0) is 19.1 Å². The molecule has 5 nitrogen and oxygen atoms in total. The van der Waals surface area contributed by atoms with Crippen molar-refractivity contribution >= 4 is 11.9 Å². The quantitative estimate of drug-likeness (QED) is 0.0373. The lowest BCUT2D eigenvalue weighted by molar-refractivity contribution is -0.161. The Hall–Kier alpha value is -5.52. The second-order valence-corrected chi connectivity index (χ2v) is 25.0. The summed E-state index contributed by atoms with van der Waals surface area (Å²) in [5.74, 6) is -0.595. The zero-order valence-electron chi connectivity index (χ0n) is 60.6. The zero-order valence-corrected chi connectivity index (χ0v) is 60.6. The maximum atomic E-state index is 12.4. The molecule has 0 bridgehead atoms. The fourth-order valence-electron chi connectivity index (χ4n) is 10.4. The van der Waals surface area contributed by atoms with Crippen LogP contribution < -0.4 is 0 Å². The van der Waals surface area contributed by atoms with E-state index in [0.29, 0.717) is 12.8 Å². The smallest absolute Gasteiger partial charge is 0.306 e. The predicted octanol–water partition coefficient (Wildman–Crippen LogP) is 27.7. The Balaban J connectivity index is 3.54. The van der Waals surface area contributed by atoms with Crippen LogP contribution in [0.15, 0.2) is 207 Å². The molecule has 0 saturated heterocycles. The highest BCUT2D eigenvalue weighted by molar-refractivity contribution is 5.70. The SMILES string of the molecule is CC/C=C\C/C=C\C/C=C\C/C=C\C/C=C\C/C=C\C/C=C\C/C=C\C/C=C\CCCCCCCCCCCCCCCC(=O)OC(CO)COC(=O)CCCCCCCCCCCCCCCC/C=C\C/C=C\C/C=C\C/C=C\C/C=C\C/C=C\C/C=C\C/C=C\CC. The number of carbonyl (C=O) groups excluding carboxylic acids is 2. The van der Waals surface area contributed by atoms with Crippen LogP contribution in [0.2, 0.25) is 0 Å². The molecule has 0 rings (SSSR count). The summed E-state index contributed by atoms with van der Waals surface area (Å²) >= 11 is 0. The van der Waals surface area contributed by atoms with Gasteiger partial charge in [-0.25, -0.2) is 0 Å². The van der Waals surface area contributed by atoms with Crippen molar-refractivity contribution in [2.24, 2.45) is 0 Å². The molecule has 1 atom stereocenters. The number of hydrogen-bond acceptors (Lipinski definition) is 5. The van der Waals surface area contributed by atoms with Crippen LogP contribution >= 0.6 is 0 Å². The third-order valence-corrected chi connectivity index (χ3v) is 16.1. The van der Waals surface area contributed by atoms with Gasteiger partial charge in [0.2, 0.25) is 0 Å². The highest BCUT2D eigenvalue weighted by Gasteiger charge is 2.16. The third kappa shape index (κ3) is 78.9. The van der Waals surface area contributed by atoms with Crippen LogP contribution in [0.1, 0.15) is 322 Å². The van der Waals surface area contributed by atoms with E-state index in [-0.39, 0.29) is 25.2 Å². The van der Waals surface area contributed by atoms with E-state index in [2.05, 4.69) is 220 Å². The van der Waals surface area contributed by atoms with Gasteiger partial charge in [-0.15, -0.1) is 0 Å². The Bertz CT molecular complexity index is 2160. The molecule has 0 amide bonds. The molecule has 0 aromatic rings. The number of esters is 2. The fraction of sp³-hybridized carbons (Fsp3) is 0.596. The summed E-state index contributed by atoms with van der Waals surface area (Å²) < 4.78 is 10.8. The number of unbranched alkanes of at least 4 members (excludes halogenated alkanes) is 27. The molecular formula is C89H142O5. The van der Waals surface area contributed by atoms with Crippen molar-refractivity contribution in [3.8, 4) is 0 Å². The largest absolute Gasteiger partial charge is 0.462 e. The minimum absolute atomic E-state index is 0.0750. The van der Waals surface area contributed by atoms with Crippen molar-refractivity contribution < 1.29 is 24.2 Å². The van der Waals surface area contributed by atoms with Gasteiger partial charge < -0.3 is 14.6 Å². The summed E-state index contributed by atoms with van der Waals surface area (Å²) in [7, 11) is 0. The first kappa shape index (κ1) is 88.5. The topological polar surface area (TPSA) is 72.8 Å². The Morgan fingerprint density at radius 1 is 0.245 bits per heavy atom. The summed E-state index contributed by atoms with van der Waals surface area (Å²) in [4.78, 5) is 24.7. The fourth-order valence-corrected chi connectivity index (χ4v) is 10.4. The summed E-state index contributed by atoms with van der Waals surface area (Å²) in [6, 6.07) is 0. The van der Waals surface area contributed by atoms with Crippen LogP contribution in [0.3, 0.4) is 0 Å². The van der Waals surface area contributed by atoms with Gasteiger partial charge in [0.1, 0.15) is 6.61 Å². The Kier molecular flexibility index (Phi) is 76.9. The standard InChI is InChI=1S/C89H142O5/c1-3-5-7-9-11-13-15-17-19-21-23-25-27-29-31-33-35-37-39-41-43-44-46-48-50-52-54-56-58-60-62-64-66-68-70-72-74-76-78-80-82-84-89(92)94-87(85-90)86-93-88(91)83-81-79-77-75-73-71-69-67-65-63-61-59-57-55-53-51-49-47-45-42-40-38-36-34-32-30-28-26-24-22-20-18-16-14-12-10-8-6-4-2/h5-8,11-14,17-20,23-26,29-32,35-38,41-43,45-46,48-49,51-52,54,87,90H,3-4,9-10,15-16,21-22,27-28,33-34,39-40,44,47,50,53,55-86H2,1-2H3/b7-5-,8-6-,13-11-,14-12-,19-17-,20-18-,25-23-,26-24-,31-29-,32-30-,37-35-,38-36-,43-41-,45-42-,48-46-,51-49-,54-52-. The lowest BCUT2D eigenvalue weighted by Crippen LogP contribution is -2.28. The van der Waals surface area contributed by atoms with Crippen LogP contribution in [0.4, 0.5) is 0 Å². The maximum absolute atomic E-state index is 12.4. The normalized spacial score (nSPS) is 13.4. The first-order valence-corrected chi connectivity index (χ1v) is 38.6. The number of aliphatic hydroxyl groups excluding tert-OH is 1. The summed E-state index contributed by atoms with van der Waals surface area (Å²) in [6.07, 6.45) is 130. The highest BCUT2D eigenvalue weighted by atomic mass is 16.6. The van der Waals surface area contributed by atoms with Gasteiger partial charge in [0, 0.05) is 12.8 Å². The van der Waals surface area contributed by atoms with Crippen molar-refractivity contribution in [2.75, 3.05) is 13.2 Å². The second-order valence-electron chi connectivity index (χ2n) is 25.0. The van der Waals surface area contributed by atoms with Gasteiger partial charge in [-0.1, -0.05) is 368 Å². The van der Waals surface area contributed by atoms with Gasteiger partial charge in [-0.2, -0.15) is 0 Å².